The molecule has 0 amide bonds. The van der Waals surface area contributed by atoms with Crippen LogP contribution in [0.15, 0.2) is 42.5 Å². The summed E-state index contributed by atoms with van der Waals surface area (Å²) < 4.78 is 51.2. The van der Waals surface area contributed by atoms with Gasteiger partial charge in [-0.15, -0.1) is 13.2 Å². The molecule has 0 saturated carbocycles. The molecule has 0 saturated heterocycles. The molecule has 2 N–H and O–H groups in total. The van der Waals surface area contributed by atoms with E-state index in [-0.39, 0.29) is 5.75 Å². The van der Waals surface area contributed by atoms with Crippen LogP contribution in [0.1, 0.15) is 17.2 Å². The van der Waals surface area contributed by atoms with Gasteiger partial charge in [0.15, 0.2) is 11.5 Å². The summed E-state index contributed by atoms with van der Waals surface area (Å²) in [7, 11) is 0. The minimum atomic E-state index is -4.71. The minimum absolute atomic E-state index is 0.282. The fraction of sp³-hybridized carbons (Fsp3) is 0.250. The van der Waals surface area contributed by atoms with Crippen molar-refractivity contribution in [1.82, 2.24) is 0 Å². The van der Waals surface area contributed by atoms with Crippen molar-refractivity contribution in [1.29, 1.82) is 0 Å². The Morgan fingerprint density at radius 1 is 0.913 bits per heavy atom. The van der Waals surface area contributed by atoms with E-state index in [1.165, 1.54) is 24.3 Å². The van der Waals surface area contributed by atoms with Crippen LogP contribution in [0, 0.1) is 0 Å². The Morgan fingerprint density at radius 3 is 2.17 bits per heavy atom. The maximum atomic E-state index is 12.2. The fourth-order valence-corrected chi connectivity index (χ4v) is 2.32. The number of halogens is 3. The SMILES string of the molecule is N[C@H](c1ccc(OC(F)(F)F)cc1)c1ccc2c(c1)OCCO2. The first kappa shape index (κ1) is 15.5. The molecule has 3 rings (SSSR count). The van der Waals surface area contributed by atoms with Crippen LogP contribution in [0.25, 0.3) is 0 Å². The summed E-state index contributed by atoms with van der Waals surface area (Å²) in [5, 5.41) is 0. The Labute approximate surface area is 130 Å². The molecular weight excluding hydrogens is 311 g/mol. The summed E-state index contributed by atoms with van der Waals surface area (Å²) in [5.41, 5.74) is 7.61. The van der Waals surface area contributed by atoms with Crippen molar-refractivity contribution >= 4 is 0 Å². The van der Waals surface area contributed by atoms with Gasteiger partial charge in [-0.05, 0) is 35.4 Å². The Bertz CT molecular complexity index is 686. The number of benzene rings is 2. The quantitative estimate of drug-likeness (QED) is 0.940. The predicted octanol–water partition coefficient (Wildman–Crippen LogP) is 3.40. The van der Waals surface area contributed by atoms with Gasteiger partial charge in [0, 0.05) is 0 Å². The lowest BCUT2D eigenvalue weighted by molar-refractivity contribution is -0.274. The van der Waals surface area contributed by atoms with Crippen molar-refractivity contribution in [3.05, 3.63) is 53.6 Å². The number of ether oxygens (including phenoxy) is 3. The molecule has 0 unspecified atom stereocenters. The second-order valence-corrected chi connectivity index (χ2v) is 5.00. The highest BCUT2D eigenvalue weighted by atomic mass is 19.4. The fourth-order valence-electron chi connectivity index (χ4n) is 2.32. The number of hydrogen-bond donors (Lipinski definition) is 1. The van der Waals surface area contributed by atoms with Crippen molar-refractivity contribution in [3.8, 4) is 17.2 Å². The first-order valence-corrected chi connectivity index (χ1v) is 6.93. The smallest absolute Gasteiger partial charge is 0.486 e. The number of alkyl halides is 3. The lowest BCUT2D eigenvalue weighted by atomic mass is 9.99. The second kappa shape index (κ2) is 6.00. The van der Waals surface area contributed by atoms with E-state index < -0.39 is 12.4 Å². The standard InChI is InChI=1S/C16H14F3NO3/c17-16(18,19)23-12-4-1-10(2-5-12)15(20)11-3-6-13-14(9-11)22-8-7-21-13/h1-6,9,15H,7-8,20H2/t15-/m1/s1. The molecule has 2 aromatic carbocycles. The van der Waals surface area contributed by atoms with Crippen molar-refractivity contribution in [2.24, 2.45) is 5.73 Å². The first-order chi connectivity index (χ1) is 10.9. The topological polar surface area (TPSA) is 53.7 Å². The van der Waals surface area contributed by atoms with E-state index in [1.807, 2.05) is 0 Å². The summed E-state index contributed by atoms with van der Waals surface area (Å²) in [6.07, 6.45) is -4.71. The zero-order valence-electron chi connectivity index (χ0n) is 12.0. The summed E-state index contributed by atoms with van der Waals surface area (Å²) in [5.74, 6) is 0.984. The highest BCUT2D eigenvalue weighted by molar-refractivity contribution is 5.46. The van der Waals surface area contributed by atoms with Gasteiger partial charge in [0.2, 0.25) is 0 Å². The monoisotopic (exact) mass is 325 g/mol. The lowest BCUT2D eigenvalue weighted by Crippen LogP contribution is -2.18. The predicted molar refractivity (Wildman–Crippen MR) is 76.6 cm³/mol. The van der Waals surface area contributed by atoms with Gasteiger partial charge in [-0.3, -0.25) is 0 Å². The molecule has 0 spiro atoms. The van der Waals surface area contributed by atoms with Crippen LogP contribution in [-0.2, 0) is 0 Å². The highest BCUT2D eigenvalue weighted by Crippen LogP contribution is 2.34. The molecule has 1 atom stereocenters. The van der Waals surface area contributed by atoms with Crippen LogP contribution in [0.4, 0.5) is 13.2 Å². The molecule has 1 aliphatic rings. The van der Waals surface area contributed by atoms with Gasteiger partial charge in [-0.2, -0.15) is 0 Å². The van der Waals surface area contributed by atoms with Gasteiger partial charge in [-0.25, -0.2) is 0 Å². The molecule has 0 aliphatic carbocycles. The van der Waals surface area contributed by atoms with Crippen molar-refractivity contribution in [2.75, 3.05) is 13.2 Å². The van der Waals surface area contributed by atoms with E-state index in [9.17, 15) is 13.2 Å². The largest absolute Gasteiger partial charge is 0.573 e. The van der Waals surface area contributed by atoms with Crippen molar-refractivity contribution in [2.45, 2.75) is 12.4 Å². The van der Waals surface area contributed by atoms with Gasteiger partial charge >= 0.3 is 6.36 Å². The maximum absolute atomic E-state index is 12.2. The Morgan fingerprint density at radius 2 is 1.52 bits per heavy atom. The molecule has 0 radical (unpaired) electrons. The molecule has 1 aliphatic heterocycles. The molecule has 0 fully saturated rings. The Hall–Kier alpha value is -2.41. The van der Waals surface area contributed by atoms with E-state index in [2.05, 4.69) is 4.74 Å². The van der Waals surface area contributed by atoms with Crippen LogP contribution in [0.5, 0.6) is 17.2 Å². The van der Waals surface area contributed by atoms with Gasteiger partial charge in [0.1, 0.15) is 19.0 Å². The molecule has 7 heteroatoms. The molecular formula is C16H14F3NO3. The molecule has 0 aromatic heterocycles. The van der Waals surface area contributed by atoms with E-state index in [0.717, 1.165) is 5.56 Å². The molecule has 2 aromatic rings. The average Bonchev–Trinajstić information content (AvgIpc) is 2.53. The summed E-state index contributed by atoms with van der Waals surface area (Å²) >= 11 is 0. The van der Waals surface area contributed by atoms with E-state index in [0.29, 0.717) is 30.3 Å². The van der Waals surface area contributed by atoms with Crippen LogP contribution in [-0.4, -0.2) is 19.6 Å². The number of hydrogen-bond acceptors (Lipinski definition) is 4. The Balaban J connectivity index is 1.78. The third-order valence-electron chi connectivity index (χ3n) is 3.40. The molecule has 1 heterocycles. The van der Waals surface area contributed by atoms with Gasteiger partial charge < -0.3 is 19.9 Å². The third-order valence-corrected chi connectivity index (χ3v) is 3.40. The van der Waals surface area contributed by atoms with Crippen molar-refractivity contribution < 1.29 is 27.4 Å². The minimum Gasteiger partial charge on any atom is -0.486 e. The van der Waals surface area contributed by atoms with Crippen LogP contribution < -0.4 is 19.9 Å². The van der Waals surface area contributed by atoms with E-state index >= 15 is 0 Å². The zero-order valence-corrected chi connectivity index (χ0v) is 12.0. The summed E-state index contributed by atoms with van der Waals surface area (Å²) in [4.78, 5) is 0. The van der Waals surface area contributed by atoms with E-state index in [4.69, 9.17) is 15.2 Å². The molecule has 122 valence electrons. The van der Waals surface area contributed by atoms with Gasteiger partial charge in [-0.1, -0.05) is 18.2 Å². The lowest BCUT2D eigenvalue weighted by Gasteiger charge is -2.21. The Kier molecular flexibility index (Phi) is 4.04. The number of rotatable bonds is 3. The van der Waals surface area contributed by atoms with Crippen LogP contribution in [0.3, 0.4) is 0 Å². The average molecular weight is 325 g/mol. The van der Waals surface area contributed by atoms with E-state index in [1.54, 1.807) is 18.2 Å². The molecule has 4 nitrogen and oxygen atoms in total. The highest BCUT2D eigenvalue weighted by Gasteiger charge is 2.31. The van der Waals surface area contributed by atoms with Gasteiger partial charge in [0.25, 0.3) is 0 Å². The van der Waals surface area contributed by atoms with Crippen LogP contribution >= 0.6 is 0 Å². The normalized spacial score (nSPS) is 15.1. The maximum Gasteiger partial charge on any atom is 0.573 e. The van der Waals surface area contributed by atoms with Gasteiger partial charge in [0.05, 0.1) is 6.04 Å². The van der Waals surface area contributed by atoms with Crippen molar-refractivity contribution in [3.63, 3.8) is 0 Å². The second-order valence-electron chi connectivity index (χ2n) is 5.00. The van der Waals surface area contributed by atoms with Crippen LogP contribution in [0.2, 0.25) is 0 Å². The molecule has 0 bridgehead atoms. The first-order valence-electron chi connectivity index (χ1n) is 6.93. The number of fused-ring (bicyclic) bond motifs is 1. The summed E-state index contributed by atoms with van der Waals surface area (Å²) in [6, 6.07) is 10.3. The molecule has 23 heavy (non-hydrogen) atoms. The zero-order chi connectivity index (χ0) is 16.4. The summed E-state index contributed by atoms with van der Waals surface area (Å²) in [6.45, 7) is 0.967. The third kappa shape index (κ3) is 3.68. The number of nitrogens with two attached hydrogens (primary N) is 1.